The minimum Gasteiger partial charge on any atom is -0.483 e. The smallest absolute Gasteiger partial charge is 0.188 e. The summed E-state index contributed by atoms with van der Waals surface area (Å²) in [5, 5.41) is 0. The second kappa shape index (κ2) is 6.44. The van der Waals surface area contributed by atoms with Crippen LogP contribution in [0.25, 0.3) is 6.08 Å². The summed E-state index contributed by atoms with van der Waals surface area (Å²) in [5.41, 5.74) is 1.40. The van der Waals surface area contributed by atoms with Crippen LogP contribution < -0.4 is 9.64 Å². The van der Waals surface area contributed by atoms with Crippen molar-refractivity contribution in [2.45, 2.75) is 26.7 Å². The van der Waals surface area contributed by atoms with Gasteiger partial charge in [-0.3, -0.25) is 4.79 Å². The molecule has 0 unspecified atom stereocenters. The van der Waals surface area contributed by atoms with Crippen molar-refractivity contribution in [3.8, 4) is 5.75 Å². The molecule has 0 atom stereocenters. The lowest BCUT2D eigenvalue weighted by Gasteiger charge is -2.30. The summed E-state index contributed by atoms with van der Waals surface area (Å²) >= 11 is 0. The third kappa shape index (κ3) is 2.97. The van der Waals surface area contributed by atoms with E-state index in [-0.39, 0.29) is 5.78 Å². The summed E-state index contributed by atoms with van der Waals surface area (Å²) in [7, 11) is 0. The molecule has 118 valence electrons. The topological polar surface area (TPSA) is 64.6 Å². The van der Waals surface area contributed by atoms with Gasteiger partial charge >= 0.3 is 0 Å². The van der Waals surface area contributed by atoms with Gasteiger partial charge in [0.1, 0.15) is 18.1 Å². The SMILES string of the molecule is CCCC(=O)C1=Cc2nc(C)nc(N3CCOCC3)c2OC1. The minimum atomic E-state index is 0.136. The van der Waals surface area contributed by atoms with Crippen LogP contribution in [0.3, 0.4) is 0 Å². The van der Waals surface area contributed by atoms with Gasteiger partial charge in [-0.05, 0) is 19.4 Å². The van der Waals surface area contributed by atoms with Gasteiger partial charge in [0.25, 0.3) is 0 Å². The molecule has 0 bridgehead atoms. The lowest BCUT2D eigenvalue weighted by Crippen LogP contribution is -2.37. The van der Waals surface area contributed by atoms with Crippen LogP contribution in [-0.4, -0.2) is 48.7 Å². The fourth-order valence-electron chi connectivity index (χ4n) is 2.70. The molecular formula is C16H21N3O3. The molecule has 22 heavy (non-hydrogen) atoms. The summed E-state index contributed by atoms with van der Waals surface area (Å²) in [5.74, 6) is 2.31. The Labute approximate surface area is 130 Å². The van der Waals surface area contributed by atoms with E-state index in [0.29, 0.717) is 49.1 Å². The third-order valence-electron chi connectivity index (χ3n) is 3.81. The predicted molar refractivity (Wildman–Crippen MR) is 83.2 cm³/mol. The van der Waals surface area contributed by atoms with Crippen molar-refractivity contribution in [3.05, 3.63) is 17.1 Å². The molecule has 3 heterocycles. The number of aromatic nitrogens is 2. The molecule has 0 amide bonds. The molecule has 1 saturated heterocycles. The highest BCUT2D eigenvalue weighted by atomic mass is 16.5. The molecular weight excluding hydrogens is 282 g/mol. The van der Waals surface area contributed by atoms with Crippen molar-refractivity contribution < 1.29 is 14.3 Å². The Bertz CT molecular complexity index is 607. The Morgan fingerprint density at radius 3 is 2.82 bits per heavy atom. The summed E-state index contributed by atoms with van der Waals surface area (Å²) in [6.07, 6.45) is 3.24. The van der Waals surface area contributed by atoms with E-state index in [0.717, 1.165) is 25.3 Å². The minimum absolute atomic E-state index is 0.136. The van der Waals surface area contributed by atoms with Gasteiger partial charge in [0.2, 0.25) is 0 Å². The van der Waals surface area contributed by atoms with Gasteiger partial charge in [0.05, 0.1) is 13.2 Å². The Morgan fingerprint density at radius 2 is 2.09 bits per heavy atom. The van der Waals surface area contributed by atoms with Crippen LogP contribution in [0.15, 0.2) is 5.57 Å². The molecule has 0 radical (unpaired) electrons. The van der Waals surface area contributed by atoms with E-state index in [2.05, 4.69) is 14.9 Å². The number of nitrogens with zero attached hydrogens (tertiary/aromatic N) is 3. The predicted octanol–water partition coefficient (Wildman–Crippen LogP) is 1.77. The maximum atomic E-state index is 12.1. The van der Waals surface area contributed by atoms with E-state index in [9.17, 15) is 4.79 Å². The van der Waals surface area contributed by atoms with Crippen LogP contribution in [0.4, 0.5) is 5.82 Å². The van der Waals surface area contributed by atoms with Gasteiger partial charge in [0, 0.05) is 25.1 Å². The van der Waals surface area contributed by atoms with E-state index >= 15 is 0 Å². The van der Waals surface area contributed by atoms with Crippen LogP contribution >= 0.6 is 0 Å². The number of rotatable bonds is 4. The lowest BCUT2D eigenvalue weighted by molar-refractivity contribution is -0.115. The Morgan fingerprint density at radius 1 is 1.32 bits per heavy atom. The first kappa shape index (κ1) is 15.0. The molecule has 2 aliphatic heterocycles. The molecule has 3 rings (SSSR count). The Kier molecular flexibility index (Phi) is 4.38. The van der Waals surface area contributed by atoms with Crippen molar-refractivity contribution in [2.24, 2.45) is 0 Å². The van der Waals surface area contributed by atoms with Gasteiger partial charge in [0.15, 0.2) is 17.4 Å². The quantitative estimate of drug-likeness (QED) is 0.844. The first-order valence-corrected chi connectivity index (χ1v) is 7.77. The van der Waals surface area contributed by atoms with Crippen LogP contribution in [-0.2, 0) is 9.53 Å². The van der Waals surface area contributed by atoms with Crippen LogP contribution in [0.5, 0.6) is 5.75 Å². The van der Waals surface area contributed by atoms with E-state index in [1.807, 2.05) is 19.9 Å². The summed E-state index contributed by atoms with van der Waals surface area (Å²) in [6.45, 7) is 7.12. The summed E-state index contributed by atoms with van der Waals surface area (Å²) < 4.78 is 11.2. The summed E-state index contributed by atoms with van der Waals surface area (Å²) in [4.78, 5) is 23.2. The number of hydrogen-bond acceptors (Lipinski definition) is 6. The van der Waals surface area contributed by atoms with Gasteiger partial charge in [-0.1, -0.05) is 6.92 Å². The number of aryl methyl sites for hydroxylation is 1. The third-order valence-corrected chi connectivity index (χ3v) is 3.81. The zero-order chi connectivity index (χ0) is 15.5. The van der Waals surface area contributed by atoms with Gasteiger partial charge in [-0.2, -0.15) is 0 Å². The number of hydrogen-bond donors (Lipinski definition) is 0. The fourth-order valence-corrected chi connectivity index (χ4v) is 2.70. The molecule has 0 N–H and O–H groups in total. The second-order valence-electron chi connectivity index (χ2n) is 5.54. The highest BCUT2D eigenvalue weighted by Gasteiger charge is 2.25. The molecule has 2 aliphatic rings. The van der Waals surface area contributed by atoms with Crippen LogP contribution in [0, 0.1) is 6.92 Å². The van der Waals surface area contributed by atoms with E-state index < -0.39 is 0 Å². The number of morpholine rings is 1. The molecule has 6 heteroatoms. The molecule has 0 aliphatic carbocycles. The Balaban J connectivity index is 1.95. The van der Waals surface area contributed by atoms with Crippen molar-refractivity contribution in [2.75, 3.05) is 37.8 Å². The first-order valence-electron chi connectivity index (χ1n) is 7.77. The number of carbonyl (C=O) groups is 1. The van der Waals surface area contributed by atoms with Crippen LogP contribution in [0.2, 0.25) is 0 Å². The number of ether oxygens (including phenoxy) is 2. The average Bonchev–Trinajstić information content (AvgIpc) is 2.54. The normalized spacial score (nSPS) is 17.5. The maximum Gasteiger partial charge on any atom is 0.188 e. The maximum absolute atomic E-state index is 12.1. The Hall–Kier alpha value is -1.95. The second-order valence-corrected chi connectivity index (χ2v) is 5.54. The standard InChI is InChI=1S/C16H21N3O3/c1-3-4-14(20)12-9-13-15(22-10-12)16(18-11(2)17-13)19-5-7-21-8-6-19/h9H,3-8,10H2,1-2H3. The van der Waals surface area contributed by atoms with Crippen molar-refractivity contribution in [3.63, 3.8) is 0 Å². The first-order chi connectivity index (χ1) is 10.7. The molecule has 0 saturated carbocycles. The number of ketones is 1. The van der Waals surface area contributed by atoms with Crippen molar-refractivity contribution in [1.82, 2.24) is 9.97 Å². The molecule has 1 aromatic heterocycles. The summed E-state index contributed by atoms with van der Waals surface area (Å²) in [6, 6.07) is 0. The fraction of sp³-hybridized carbons (Fsp3) is 0.562. The molecule has 1 fully saturated rings. The number of anilines is 1. The van der Waals surface area contributed by atoms with Crippen molar-refractivity contribution in [1.29, 1.82) is 0 Å². The number of fused-ring (bicyclic) bond motifs is 1. The lowest BCUT2D eigenvalue weighted by atomic mass is 10.0. The monoisotopic (exact) mass is 303 g/mol. The van der Waals surface area contributed by atoms with E-state index in [1.54, 1.807) is 0 Å². The molecule has 0 aromatic carbocycles. The average molecular weight is 303 g/mol. The highest BCUT2D eigenvalue weighted by molar-refractivity contribution is 6.00. The molecule has 1 aromatic rings. The molecule has 6 nitrogen and oxygen atoms in total. The number of carbonyl (C=O) groups excluding carboxylic acids is 1. The van der Waals surface area contributed by atoms with Crippen LogP contribution in [0.1, 0.15) is 31.3 Å². The highest BCUT2D eigenvalue weighted by Crippen LogP contribution is 2.34. The zero-order valence-corrected chi connectivity index (χ0v) is 13.1. The number of Topliss-reactive ketones (excluding diaryl/α,β-unsaturated/α-hetero) is 1. The van der Waals surface area contributed by atoms with Gasteiger partial charge < -0.3 is 14.4 Å². The van der Waals surface area contributed by atoms with E-state index in [4.69, 9.17) is 9.47 Å². The van der Waals surface area contributed by atoms with Crippen molar-refractivity contribution >= 4 is 17.7 Å². The zero-order valence-electron chi connectivity index (χ0n) is 13.1. The largest absolute Gasteiger partial charge is 0.483 e. The van der Waals surface area contributed by atoms with Gasteiger partial charge in [-0.15, -0.1) is 0 Å². The molecule has 0 spiro atoms. The van der Waals surface area contributed by atoms with E-state index in [1.165, 1.54) is 0 Å². The van der Waals surface area contributed by atoms with Gasteiger partial charge in [-0.25, -0.2) is 9.97 Å².